The van der Waals surface area contributed by atoms with E-state index in [2.05, 4.69) is 34.9 Å². The molecule has 3 N–H and O–H groups in total. The highest BCUT2D eigenvalue weighted by atomic mass is 16.3. The van der Waals surface area contributed by atoms with Gasteiger partial charge in [0, 0.05) is 11.1 Å². The normalized spacial score (nSPS) is 10.7. The number of rotatable bonds is 7. The third kappa shape index (κ3) is 4.33. The molecule has 24 heavy (non-hydrogen) atoms. The average molecular weight is 321 g/mol. The number of nitrogens with two attached hydrogens (primary N) is 1. The summed E-state index contributed by atoms with van der Waals surface area (Å²) in [4.78, 5) is 12.1. The Hall–Kier alpha value is -2.85. The molecule has 0 radical (unpaired) electrons. The first-order valence-corrected chi connectivity index (χ1v) is 8.05. The van der Waals surface area contributed by atoms with Crippen molar-refractivity contribution in [1.29, 1.82) is 0 Å². The highest BCUT2D eigenvalue weighted by molar-refractivity contribution is 5.76. The van der Waals surface area contributed by atoms with E-state index in [9.17, 15) is 4.79 Å². The van der Waals surface area contributed by atoms with E-state index in [1.54, 1.807) is 6.26 Å². The number of carbonyl (C=O) groups excluding carboxylic acids is 1. The van der Waals surface area contributed by atoms with E-state index < -0.39 is 0 Å². The molecular weight excluding hydrogens is 300 g/mol. The molecule has 0 aliphatic rings. The number of furan rings is 1. The third-order valence-electron chi connectivity index (χ3n) is 3.90. The minimum Gasteiger partial charge on any atom is -0.467 e. The van der Waals surface area contributed by atoms with Gasteiger partial charge in [-0.05, 0) is 12.1 Å². The fourth-order valence-corrected chi connectivity index (χ4v) is 2.68. The molecular formula is C20H21N2O2+. The smallest absolute Gasteiger partial charge is 0.275 e. The minimum absolute atomic E-state index is 0.0109. The number of hydrogen-bond acceptors (Lipinski definition) is 2. The zero-order chi connectivity index (χ0) is 16.6. The summed E-state index contributed by atoms with van der Waals surface area (Å²) >= 11 is 0. The van der Waals surface area contributed by atoms with Crippen LogP contribution in [0.15, 0.2) is 83.5 Å². The molecule has 0 bridgehead atoms. The van der Waals surface area contributed by atoms with Gasteiger partial charge in [0.05, 0.1) is 12.8 Å². The van der Waals surface area contributed by atoms with Crippen molar-refractivity contribution in [3.8, 4) is 0 Å². The van der Waals surface area contributed by atoms with Gasteiger partial charge in [-0.1, -0.05) is 60.7 Å². The number of quaternary nitrogens is 1. The van der Waals surface area contributed by atoms with Crippen LogP contribution in [0.5, 0.6) is 0 Å². The first kappa shape index (κ1) is 16.0. The van der Waals surface area contributed by atoms with E-state index in [4.69, 9.17) is 4.42 Å². The van der Waals surface area contributed by atoms with Crippen LogP contribution in [-0.4, -0.2) is 12.5 Å². The molecule has 0 saturated heterocycles. The molecule has 0 aliphatic heterocycles. The second kappa shape index (κ2) is 8.13. The Labute approximate surface area is 141 Å². The molecule has 0 spiro atoms. The number of hydrogen-bond donors (Lipinski definition) is 2. The first-order valence-electron chi connectivity index (χ1n) is 8.05. The molecule has 1 aromatic heterocycles. The summed E-state index contributed by atoms with van der Waals surface area (Å²) in [6.07, 6.45) is 1.61. The summed E-state index contributed by atoms with van der Waals surface area (Å²) in [7, 11) is 0. The summed E-state index contributed by atoms with van der Waals surface area (Å²) < 4.78 is 5.22. The van der Waals surface area contributed by atoms with Crippen LogP contribution in [0, 0.1) is 0 Å². The lowest BCUT2D eigenvalue weighted by Crippen LogP contribution is -2.87. The van der Waals surface area contributed by atoms with Gasteiger partial charge < -0.3 is 15.1 Å². The van der Waals surface area contributed by atoms with Crippen LogP contribution >= 0.6 is 0 Å². The Balaban J connectivity index is 1.63. The standard InChI is InChI=1S/C20H20N2O2/c23-19(21-14-18-12-7-13-24-18)15-22-20(16-8-3-1-4-9-16)17-10-5-2-6-11-17/h1-13,20,22H,14-15H2,(H,21,23)/p+1. The van der Waals surface area contributed by atoms with E-state index in [1.165, 1.54) is 11.1 Å². The van der Waals surface area contributed by atoms with Gasteiger partial charge in [-0.3, -0.25) is 4.79 Å². The lowest BCUT2D eigenvalue weighted by atomic mass is 9.99. The molecule has 2 aromatic carbocycles. The molecule has 0 unspecified atom stereocenters. The van der Waals surface area contributed by atoms with E-state index >= 15 is 0 Å². The van der Waals surface area contributed by atoms with Gasteiger partial charge in [0.2, 0.25) is 0 Å². The number of nitrogens with one attached hydrogen (secondary N) is 1. The van der Waals surface area contributed by atoms with E-state index in [0.717, 1.165) is 5.76 Å². The lowest BCUT2D eigenvalue weighted by molar-refractivity contribution is -0.676. The summed E-state index contributed by atoms with van der Waals surface area (Å²) in [6.45, 7) is 0.774. The summed E-state index contributed by atoms with van der Waals surface area (Å²) in [5, 5.41) is 4.94. The van der Waals surface area contributed by atoms with Crippen LogP contribution < -0.4 is 10.6 Å². The van der Waals surface area contributed by atoms with E-state index in [1.807, 2.05) is 48.5 Å². The fraction of sp³-hybridized carbons (Fsp3) is 0.150. The Morgan fingerprint density at radius 2 is 1.54 bits per heavy atom. The molecule has 0 fully saturated rings. The SMILES string of the molecule is O=C(C[NH2+]C(c1ccccc1)c1ccccc1)NCc1ccco1. The summed E-state index contributed by atoms with van der Waals surface area (Å²) in [5.74, 6) is 0.745. The minimum atomic E-state index is -0.0109. The van der Waals surface area contributed by atoms with Crippen molar-refractivity contribution >= 4 is 5.91 Å². The molecule has 4 nitrogen and oxygen atoms in total. The van der Waals surface area contributed by atoms with Gasteiger partial charge in [-0.15, -0.1) is 0 Å². The monoisotopic (exact) mass is 321 g/mol. The van der Waals surface area contributed by atoms with Gasteiger partial charge >= 0.3 is 0 Å². The maximum Gasteiger partial charge on any atom is 0.275 e. The molecule has 0 aliphatic carbocycles. The van der Waals surface area contributed by atoms with Crippen molar-refractivity contribution in [3.63, 3.8) is 0 Å². The van der Waals surface area contributed by atoms with E-state index in [-0.39, 0.29) is 11.9 Å². The van der Waals surface area contributed by atoms with Gasteiger partial charge in [-0.25, -0.2) is 0 Å². The number of carbonyl (C=O) groups is 1. The van der Waals surface area contributed by atoms with Gasteiger partial charge in [-0.2, -0.15) is 0 Å². The van der Waals surface area contributed by atoms with E-state index in [0.29, 0.717) is 13.1 Å². The average Bonchev–Trinajstić information content (AvgIpc) is 3.16. The van der Waals surface area contributed by atoms with Gasteiger partial charge in [0.15, 0.2) is 6.54 Å². The van der Waals surface area contributed by atoms with Gasteiger partial charge in [0.1, 0.15) is 11.8 Å². The first-order chi connectivity index (χ1) is 11.8. The predicted octanol–water partition coefficient (Wildman–Crippen LogP) is 2.25. The largest absolute Gasteiger partial charge is 0.467 e. The topological polar surface area (TPSA) is 58.9 Å². The van der Waals surface area contributed by atoms with Crippen molar-refractivity contribution in [1.82, 2.24) is 5.32 Å². The fourth-order valence-electron chi connectivity index (χ4n) is 2.68. The second-order valence-electron chi connectivity index (χ2n) is 5.59. The van der Waals surface area contributed by atoms with Crippen molar-refractivity contribution in [2.24, 2.45) is 0 Å². The Bertz CT molecular complexity index is 700. The maximum absolute atomic E-state index is 12.1. The molecule has 4 heteroatoms. The molecule has 122 valence electrons. The molecule has 0 saturated carbocycles. The highest BCUT2D eigenvalue weighted by Crippen LogP contribution is 2.17. The van der Waals surface area contributed by atoms with Gasteiger partial charge in [0.25, 0.3) is 5.91 Å². The lowest BCUT2D eigenvalue weighted by Gasteiger charge is -2.16. The quantitative estimate of drug-likeness (QED) is 0.701. The van der Waals surface area contributed by atoms with Crippen LogP contribution in [0.4, 0.5) is 0 Å². The highest BCUT2D eigenvalue weighted by Gasteiger charge is 2.18. The molecule has 1 amide bonds. The van der Waals surface area contributed by atoms with Crippen LogP contribution in [0.25, 0.3) is 0 Å². The van der Waals surface area contributed by atoms with Crippen LogP contribution in [0.1, 0.15) is 22.9 Å². The zero-order valence-corrected chi connectivity index (χ0v) is 13.4. The van der Waals surface area contributed by atoms with Crippen molar-refractivity contribution in [2.75, 3.05) is 6.54 Å². The third-order valence-corrected chi connectivity index (χ3v) is 3.90. The molecule has 3 aromatic rings. The Morgan fingerprint density at radius 3 is 2.08 bits per heavy atom. The summed E-state index contributed by atoms with van der Waals surface area (Å²) in [6, 6.07) is 24.2. The van der Waals surface area contributed by atoms with Crippen LogP contribution in [0.2, 0.25) is 0 Å². The van der Waals surface area contributed by atoms with Crippen LogP contribution in [0.3, 0.4) is 0 Å². The zero-order valence-electron chi connectivity index (χ0n) is 13.4. The summed E-state index contributed by atoms with van der Waals surface area (Å²) in [5.41, 5.74) is 2.37. The van der Waals surface area contributed by atoms with Crippen molar-refractivity contribution < 1.29 is 14.5 Å². The van der Waals surface area contributed by atoms with Crippen LogP contribution in [-0.2, 0) is 11.3 Å². The maximum atomic E-state index is 12.1. The predicted molar refractivity (Wildman–Crippen MR) is 92.1 cm³/mol. The number of benzene rings is 2. The number of amides is 1. The molecule has 0 atom stereocenters. The Morgan fingerprint density at radius 1 is 0.917 bits per heavy atom. The molecule has 3 rings (SSSR count). The van der Waals surface area contributed by atoms with Crippen molar-refractivity contribution in [3.05, 3.63) is 95.9 Å². The van der Waals surface area contributed by atoms with Crippen molar-refractivity contribution in [2.45, 2.75) is 12.6 Å². The second-order valence-corrected chi connectivity index (χ2v) is 5.59. The Kier molecular flexibility index (Phi) is 5.43. The molecule has 1 heterocycles.